The van der Waals surface area contributed by atoms with Crippen molar-refractivity contribution < 1.29 is 33.6 Å². The highest BCUT2D eigenvalue weighted by Crippen LogP contribution is 2.62. The molecule has 3 aliphatic heterocycles. The van der Waals surface area contributed by atoms with E-state index in [0.29, 0.717) is 24.8 Å². The zero-order valence-electron chi connectivity index (χ0n) is 16.7. The summed E-state index contributed by atoms with van der Waals surface area (Å²) < 4.78 is 23.5. The number of hydrogen-bond donors (Lipinski definition) is 1. The smallest absolute Gasteiger partial charge is 0.333 e. The van der Waals surface area contributed by atoms with Crippen LogP contribution in [0.15, 0.2) is 12.2 Å². The zero-order chi connectivity index (χ0) is 20.2. The van der Waals surface area contributed by atoms with Gasteiger partial charge in [0.2, 0.25) is 0 Å². The van der Waals surface area contributed by atoms with Gasteiger partial charge >= 0.3 is 11.9 Å². The molecule has 3 heterocycles. The molecule has 5 unspecified atom stereocenters. The van der Waals surface area contributed by atoms with Crippen molar-refractivity contribution in [3.05, 3.63) is 12.2 Å². The van der Waals surface area contributed by atoms with Crippen LogP contribution in [0.2, 0.25) is 0 Å². The maximum atomic E-state index is 13.1. The third-order valence-electron chi connectivity index (χ3n) is 6.17. The minimum absolute atomic E-state index is 0.0971. The Bertz CT molecular complexity index is 645. The molecule has 5 atom stereocenters. The Kier molecular flexibility index (Phi) is 4.94. The molecule has 2 bridgehead atoms. The van der Waals surface area contributed by atoms with Crippen molar-refractivity contribution >= 4 is 11.9 Å². The van der Waals surface area contributed by atoms with Gasteiger partial charge in [0.1, 0.15) is 17.6 Å². The minimum Gasteiger partial charge on any atom is -0.455 e. The molecular formula is C20H30O7. The summed E-state index contributed by atoms with van der Waals surface area (Å²) in [4.78, 5) is 25.0. The van der Waals surface area contributed by atoms with Crippen molar-refractivity contribution in [2.45, 2.75) is 89.5 Å². The van der Waals surface area contributed by atoms with E-state index in [1.54, 1.807) is 20.8 Å². The first-order valence-electron chi connectivity index (χ1n) is 9.60. The van der Waals surface area contributed by atoms with E-state index < -0.39 is 47.0 Å². The van der Waals surface area contributed by atoms with Gasteiger partial charge in [-0.25, -0.2) is 4.79 Å². The van der Waals surface area contributed by atoms with Crippen molar-refractivity contribution in [3.63, 3.8) is 0 Å². The average Bonchev–Trinajstić information content (AvgIpc) is 3.18. The molecule has 0 amide bonds. The van der Waals surface area contributed by atoms with Crippen LogP contribution in [0.5, 0.6) is 0 Å². The summed E-state index contributed by atoms with van der Waals surface area (Å²) in [5.41, 5.74) is -2.50. The van der Waals surface area contributed by atoms with E-state index >= 15 is 0 Å². The Labute approximate surface area is 160 Å². The van der Waals surface area contributed by atoms with Crippen LogP contribution in [0.3, 0.4) is 0 Å². The van der Waals surface area contributed by atoms with E-state index in [4.69, 9.17) is 18.9 Å². The summed E-state index contributed by atoms with van der Waals surface area (Å²) in [7, 11) is 0. The summed E-state index contributed by atoms with van der Waals surface area (Å²) in [5, 5.41) is 10.1. The molecular weight excluding hydrogens is 352 g/mol. The second-order valence-corrected chi connectivity index (χ2v) is 8.59. The van der Waals surface area contributed by atoms with Crippen LogP contribution < -0.4 is 0 Å². The quantitative estimate of drug-likeness (QED) is 0.506. The number of aliphatic hydroxyl groups is 1. The lowest BCUT2D eigenvalue weighted by molar-refractivity contribution is -0.190. The monoisotopic (exact) mass is 382 g/mol. The van der Waals surface area contributed by atoms with Crippen molar-refractivity contribution in [1.82, 2.24) is 0 Å². The van der Waals surface area contributed by atoms with Crippen LogP contribution in [-0.4, -0.2) is 59.3 Å². The van der Waals surface area contributed by atoms with Crippen molar-refractivity contribution in [2.75, 3.05) is 6.61 Å². The second kappa shape index (κ2) is 6.57. The number of ether oxygens (including phenoxy) is 4. The highest BCUT2D eigenvalue weighted by atomic mass is 16.7. The van der Waals surface area contributed by atoms with Crippen molar-refractivity contribution in [2.24, 2.45) is 5.41 Å². The Morgan fingerprint density at radius 2 is 2.00 bits per heavy atom. The fraction of sp³-hybridized carbons (Fsp3) is 0.800. The largest absolute Gasteiger partial charge is 0.455 e. The first kappa shape index (κ1) is 20.3. The standard InChI is InChI=1S/C20H30O7/c1-7-19(8-2,24-10-18(5,6)23)20-9-12-13(26-16(21)11(3)4)14(15(20)25-12)27-17(20)22/h12-15,23H,3,7-10H2,1-2,4-6H3. The molecule has 3 rings (SSSR count). The molecule has 3 aliphatic rings. The predicted molar refractivity (Wildman–Crippen MR) is 95.8 cm³/mol. The van der Waals surface area contributed by atoms with Crippen molar-refractivity contribution in [1.29, 1.82) is 0 Å². The van der Waals surface area contributed by atoms with Gasteiger partial charge in [0.25, 0.3) is 0 Å². The van der Waals surface area contributed by atoms with Crippen LogP contribution in [-0.2, 0) is 28.5 Å². The van der Waals surface area contributed by atoms with E-state index in [-0.39, 0.29) is 12.6 Å². The number of carbonyl (C=O) groups excluding carboxylic acids is 2. The van der Waals surface area contributed by atoms with E-state index in [9.17, 15) is 14.7 Å². The molecule has 0 spiro atoms. The SMILES string of the molecule is C=C(C)C(=O)OC1C2CC3(C(CC)(CC)OCC(C)(C)O)C(=O)OC1C3O2. The third kappa shape index (κ3) is 2.91. The number of rotatable bonds is 8. The molecule has 0 saturated carbocycles. The number of esters is 2. The fourth-order valence-corrected chi connectivity index (χ4v) is 4.81. The van der Waals surface area contributed by atoms with Crippen molar-refractivity contribution in [3.8, 4) is 0 Å². The topological polar surface area (TPSA) is 91.3 Å². The molecule has 0 aromatic rings. The van der Waals surface area contributed by atoms with Gasteiger partial charge in [0.05, 0.1) is 17.8 Å². The van der Waals surface area contributed by atoms with Crippen LogP contribution in [0.25, 0.3) is 0 Å². The molecule has 3 saturated heterocycles. The summed E-state index contributed by atoms with van der Waals surface area (Å²) >= 11 is 0. The normalized spacial score (nSPS) is 34.7. The molecule has 7 heteroatoms. The second-order valence-electron chi connectivity index (χ2n) is 8.59. The lowest BCUT2D eigenvalue weighted by Gasteiger charge is -2.46. The van der Waals surface area contributed by atoms with Gasteiger partial charge in [-0.05, 0) is 40.0 Å². The van der Waals surface area contributed by atoms with Crippen LogP contribution in [0, 0.1) is 5.41 Å². The number of fused-ring (bicyclic) bond motifs is 1. The van der Waals surface area contributed by atoms with Crippen LogP contribution in [0.4, 0.5) is 0 Å². The third-order valence-corrected chi connectivity index (χ3v) is 6.17. The highest BCUT2D eigenvalue weighted by Gasteiger charge is 2.79. The van der Waals surface area contributed by atoms with Crippen LogP contribution >= 0.6 is 0 Å². The molecule has 1 N–H and O–H groups in total. The number of carbonyl (C=O) groups is 2. The minimum atomic E-state index is -1.02. The predicted octanol–water partition coefficient (Wildman–Crippen LogP) is 1.90. The molecule has 0 aliphatic carbocycles. The maximum Gasteiger partial charge on any atom is 0.333 e. The summed E-state index contributed by atoms with van der Waals surface area (Å²) in [6.07, 6.45) is -0.692. The van der Waals surface area contributed by atoms with Gasteiger partial charge in [-0.1, -0.05) is 20.4 Å². The summed E-state index contributed by atoms with van der Waals surface area (Å²) in [5.74, 6) is -0.881. The summed E-state index contributed by atoms with van der Waals surface area (Å²) in [6.45, 7) is 12.5. The summed E-state index contributed by atoms with van der Waals surface area (Å²) in [6, 6.07) is 0. The Morgan fingerprint density at radius 3 is 2.52 bits per heavy atom. The average molecular weight is 382 g/mol. The van der Waals surface area contributed by atoms with Gasteiger partial charge in [-0.15, -0.1) is 0 Å². The van der Waals surface area contributed by atoms with Gasteiger partial charge in [0, 0.05) is 5.57 Å². The molecule has 0 radical (unpaired) electrons. The van der Waals surface area contributed by atoms with Gasteiger partial charge < -0.3 is 24.1 Å². The lowest BCUT2D eigenvalue weighted by atomic mass is 9.61. The molecule has 0 aromatic heterocycles. The number of hydrogen-bond acceptors (Lipinski definition) is 7. The maximum absolute atomic E-state index is 13.1. The first-order valence-corrected chi connectivity index (χ1v) is 9.60. The fourth-order valence-electron chi connectivity index (χ4n) is 4.81. The molecule has 7 nitrogen and oxygen atoms in total. The van der Waals surface area contributed by atoms with E-state index in [1.165, 1.54) is 0 Å². The Hall–Kier alpha value is -1.44. The van der Waals surface area contributed by atoms with E-state index in [1.807, 2.05) is 13.8 Å². The van der Waals surface area contributed by atoms with E-state index in [2.05, 4.69) is 6.58 Å². The van der Waals surface area contributed by atoms with Crippen LogP contribution in [0.1, 0.15) is 53.9 Å². The lowest BCUT2D eigenvalue weighted by Crippen LogP contribution is -2.59. The zero-order valence-corrected chi connectivity index (χ0v) is 16.7. The molecule has 27 heavy (non-hydrogen) atoms. The Balaban J connectivity index is 1.90. The molecule has 152 valence electrons. The molecule has 0 aromatic carbocycles. The first-order chi connectivity index (χ1) is 12.5. The van der Waals surface area contributed by atoms with E-state index in [0.717, 1.165) is 0 Å². The van der Waals surface area contributed by atoms with Gasteiger partial charge in [-0.3, -0.25) is 4.79 Å². The van der Waals surface area contributed by atoms with Gasteiger partial charge in [0.15, 0.2) is 12.2 Å². The van der Waals surface area contributed by atoms with Gasteiger partial charge in [-0.2, -0.15) is 0 Å². The molecule has 3 fully saturated rings. The highest BCUT2D eigenvalue weighted by molar-refractivity contribution is 5.88. The Morgan fingerprint density at radius 1 is 1.37 bits per heavy atom.